The zero-order valence-electron chi connectivity index (χ0n) is 6.30. The molecule has 0 fully saturated rings. The van der Waals surface area contributed by atoms with Crippen LogP contribution in [0.4, 0.5) is 4.39 Å². The van der Waals surface area contributed by atoms with Crippen molar-refractivity contribution < 1.29 is 12.8 Å². The molecule has 1 rings (SSSR count). The van der Waals surface area contributed by atoms with E-state index in [1.807, 2.05) is 0 Å². The lowest BCUT2D eigenvalue weighted by Crippen LogP contribution is -1.99. The lowest BCUT2D eigenvalue weighted by Gasteiger charge is -2.03. The topological polar surface area (TPSA) is 34.1 Å². The molecule has 0 aliphatic carbocycles. The number of halogens is 3. The van der Waals surface area contributed by atoms with Crippen molar-refractivity contribution in [2.24, 2.45) is 0 Å². The van der Waals surface area contributed by atoms with Gasteiger partial charge in [0.15, 0.2) is 0 Å². The molecule has 13 heavy (non-hydrogen) atoms. The molecule has 72 valence electrons. The first-order chi connectivity index (χ1) is 5.96. The van der Waals surface area contributed by atoms with E-state index in [0.29, 0.717) is 5.56 Å². The fourth-order valence-electron chi connectivity index (χ4n) is 0.932. The Hall–Kier alpha value is -0.130. The zero-order valence-corrected chi connectivity index (χ0v) is 9.46. The monoisotopic (exact) mass is 286 g/mol. The summed E-state index contributed by atoms with van der Waals surface area (Å²) >= 11 is 3.05. The van der Waals surface area contributed by atoms with Crippen LogP contribution in [0, 0.1) is 5.82 Å². The summed E-state index contributed by atoms with van der Waals surface area (Å²) in [6, 6.07) is 3.98. The van der Waals surface area contributed by atoms with E-state index in [4.69, 9.17) is 10.7 Å². The summed E-state index contributed by atoms with van der Waals surface area (Å²) in [5.74, 6) is -0.827. The van der Waals surface area contributed by atoms with E-state index in [9.17, 15) is 12.8 Å². The van der Waals surface area contributed by atoms with Crippen LogP contribution in [0.15, 0.2) is 23.1 Å². The molecule has 0 amide bonds. The minimum atomic E-state index is -4.01. The summed E-state index contributed by atoms with van der Waals surface area (Å²) in [6.45, 7) is 0. The van der Waals surface area contributed by atoms with E-state index in [-0.39, 0.29) is 5.33 Å². The van der Waals surface area contributed by atoms with Gasteiger partial charge in [-0.1, -0.05) is 28.1 Å². The molecule has 1 aromatic carbocycles. The summed E-state index contributed by atoms with van der Waals surface area (Å²) in [6.07, 6.45) is 0. The summed E-state index contributed by atoms with van der Waals surface area (Å²) in [7, 11) is 1.05. The summed E-state index contributed by atoms with van der Waals surface area (Å²) in [5.41, 5.74) is 0.315. The number of rotatable bonds is 2. The largest absolute Gasteiger partial charge is 0.264 e. The minimum Gasteiger partial charge on any atom is -0.207 e. The Kier molecular flexibility index (Phi) is 3.32. The Morgan fingerprint density at radius 1 is 1.46 bits per heavy atom. The smallest absolute Gasteiger partial charge is 0.207 e. The predicted molar refractivity (Wildman–Crippen MR) is 52.1 cm³/mol. The van der Waals surface area contributed by atoms with E-state index in [0.717, 1.165) is 6.07 Å². The van der Waals surface area contributed by atoms with Crippen molar-refractivity contribution in [1.29, 1.82) is 0 Å². The number of alkyl halides is 1. The van der Waals surface area contributed by atoms with Crippen molar-refractivity contribution in [3.05, 3.63) is 29.6 Å². The van der Waals surface area contributed by atoms with Crippen LogP contribution in [-0.4, -0.2) is 8.42 Å². The van der Waals surface area contributed by atoms with Crippen LogP contribution in [0.1, 0.15) is 5.56 Å². The van der Waals surface area contributed by atoms with Crippen LogP contribution in [0.2, 0.25) is 0 Å². The van der Waals surface area contributed by atoms with Gasteiger partial charge in [0.2, 0.25) is 0 Å². The molecule has 1 aromatic rings. The fourth-order valence-corrected chi connectivity index (χ4v) is 2.86. The lowest BCUT2D eigenvalue weighted by molar-refractivity contribution is 0.573. The molecular weight excluding hydrogens is 282 g/mol. The maximum absolute atomic E-state index is 13.0. The van der Waals surface area contributed by atoms with E-state index in [1.54, 1.807) is 0 Å². The third-order valence-corrected chi connectivity index (χ3v) is 3.45. The molecule has 2 nitrogen and oxygen atoms in total. The average molecular weight is 288 g/mol. The number of hydrogen-bond donors (Lipinski definition) is 0. The molecule has 6 heteroatoms. The van der Waals surface area contributed by atoms with Gasteiger partial charge in [0, 0.05) is 16.0 Å². The molecule has 0 saturated carbocycles. The molecule has 0 aliphatic heterocycles. The molecule has 0 radical (unpaired) electrons. The molecule has 0 aliphatic rings. The summed E-state index contributed by atoms with van der Waals surface area (Å²) in [4.78, 5) is -0.450. The van der Waals surface area contributed by atoms with Gasteiger partial charge < -0.3 is 0 Å². The SMILES string of the molecule is O=S(=O)(Cl)c1c(F)cccc1CBr. The predicted octanol–water partition coefficient (Wildman–Crippen LogP) is 2.65. The second-order valence-corrected chi connectivity index (χ2v) is 5.36. The Balaban J connectivity index is 3.50. The molecule has 0 aromatic heterocycles. The number of hydrogen-bond acceptors (Lipinski definition) is 2. The highest BCUT2D eigenvalue weighted by Crippen LogP contribution is 2.24. The molecule has 0 spiro atoms. The maximum atomic E-state index is 13.0. The van der Waals surface area contributed by atoms with Gasteiger partial charge in [-0.05, 0) is 11.6 Å². The standard InChI is InChI=1S/C7H5BrClFO2S/c8-4-5-2-1-3-6(10)7(5)13(9,11)12/h1-3H,4H2. The highest BCUT2D eigenvalue weighted by molar-refractivity contribution is 9.08. The van der Waals surface area contributed by atoms with Gasteiger partial charge in [-0.2, -0.15) is 0 Å². The highest BCUT2D eigenvalue weighted by atomic mass is 79.9. The normalized spacial score (nSPS) is 11.6. The summed E-state index contributed by atoms with van der Waals surface area (Å²) < 4.78 is 34.9. The molecule has 0 saturated heterocycles. The molecule has 0 atom stereocenters. The first kappa shape index (κ1) is 10.9. The second-order valence-electron chi connectivity index (χ2n) is 2.30. The van der Waals surface area contributed by atoms with E-state index in [2.05, 4.69) is 15.9 Å². The fraction of sp³-hybridized carbons (Fsp3) is 0.143. The van der Waals surface area contributed by atoms with Gasteiger partial charge in [0.1, 0.15) is 10.7 Å². The molecular formula is C7H5BrClFO2S. The van der Waals surface area contributed by atoms with Crippen LogP contribution in [-0.2, 0) is 14.4 Å². The van der Waals surface area contributed by atoms with Gasteiger partial charge in [-0.25, -0.2) is 12.8 Å². The minimum absolute atomic E-state index is 0.242. The zero-order chi connectivity index (χ0) is 10.1. The van der Waals surface area contributed by atoms with Crippen molar-refractivity contribution in [1.82, 2.24) is 0 Å². The molecule has 0 unspecified atom stereocenters. The van der Waals surface area contributed by atoms with Crippen molar-refractivity contribution >= 4 is 35.7 Å². The van der Waals surface area contributed by atoms with Gasteiger partial charge in [-0.3, -0.25) is 0 Å². The van der Waals surface area contributed by atoms with Crippen molar-refractivity contribution in [3.8, 4) is 0 Å². The van der Waals surface area contributed by atoms with Gasteiger partial charge in [-0.15, -0.1) is 0 Å². The van der Waals surface area contributed by atoms with Crippen LogP contribution < -0.4 is 0 Å². The van der Waals surface area contributed by atoms with Crippen LogP contribution in [0.5, 0.6) is 0 Å². The Morgan fingerprint density at radius 3 is 2.46 bits per heavy atom. The van der Waals surface area contributed by atoms with Crippen LogP contribution in [0.25, 0.3) is 0 Å². The molecule has 0 heterocycles. The Bertz CT molecular complexity index is 419. The third kappa shape index (κ3) is 2.42. The highest BCUT2D eigenvalue weighted by Gasteiger charge is 2.19. The number of benzene rings is 1. The average Bonchev–Trinajstić information content (AvgIpc) is 2.01. The van der Waals surface area contributed by atoms with Gasteiger partial charge in [0.25, 0.3) is 9.05 Å². The maximum Gasteiger partial charge on any atom is 0.264 e. The van der Waals surface area contributed by atoms with Crippen LogP contribution in [0.3, 0.4) is 0 Å². The quantitative estimate of drug-likeness (QED) is 0.619. The van der Waals surface area contributed by atoms with Gasteiger partial charge >= 0.3 is 0 Å². The Morgan fingerprint density at radius 2 is 2.08 bits per heavy atom. The molecule has 0 bridgehead atoms. The third-order valence-electron chi connectivity index (χ3n) is 1.44. The van der Waals surface area contributed by atoms with Crippen molar-refractivity contribution in [2.75, 3.05) is 0 Å². The van der Waals surface area contributed by atoms with Crippen molar-refractivity contribution in [3.63, 3.8) is 0 Å². The van der Waals surface area contributed by atoms with E-state index >= 15 is 0 Å². The summed E-state index contributed by atoms with van der Waals surface area (Å²) in [5, 5.41) is 0.242. The molecule has 0 N–H and O–H groups in total. The Labute approximate surface area is 88.3 Å². The van der Waals surface area contributed by atoms with E-state index < -0.39 is 19.8 Å². The van der Waals surface area contributed by atoms with E-state index in [1.165, 1.54) is 12.1 Å². The first-order valence-electron chi connectivity index (χ1n) is 3.25. The van der Waals surface area contributed by atoms with Crippen molar-refractivity contribution in [2.45, 2.75) is 10.2 Å². The van der Waals surface area contributed by atoms with Gasteiger partial charge in [0.05, 0.1) is 0 Å². The first-order valence-corrected chi connectivity index (χ1v) is 6.68. The lowest BCUT2D eigenvalue weighted by atomic mass is 10.2. The second kappa shape index (κ2) is 3.94. The van der Waals surface area contributed by atoms with Crippen LogP contribution >= 0.6 is 26.6 Å².